The van der Waals surface area contributed by atoms with Crippen LogP contribution in [0.5, 0.6) is 0 Å². The zero-order chi connectivity index (χ0) is 16.8. The van der Waals surface area contributed by atoms with Crippen molar-refractivity contribution < 1.29 is 14.3 Å². The van der Waals surface area contributed by atoms with Crippen LogP contribution in [-0.4, -0.2) is 55.6 Å². The van der Waals surface area contributed by atoms with Crippen molar-refractivity contribution in [1.29, 1.82) is 0 Å². The van der Waals surface area contributed by atoms with E-state index in [1.807, 2.05) is 30.3 Å². The van der Waals surface area contributed by atoms with Gasteiger partial charge in [0.1, 0.15) is 6.61 Å². The number of nitrogens with one attached hydrogen (secondary N) is 2. The molecule has 24 heavy (non-hydrogen) atoms. The van der Waals surface area contributed by atoms with Gasteiger partial charge in [-0.1, -0.05) is 36.8 Å². The Bertz CT molecular complexity index is 558. The molecule has 2 aliphatic rings. The molecule has 1 aromatic rings. The second-order valence-electron chi connectivity index (χ2n) is 6.38. The molecular formula is C18H25N3O3. The summed E-state index contributed by atoms with van der Waals surface area (Å²) in [6.07, 6.45) is 3.09. The third-order valence-electron chi connectivity index (χ3n) is 4.61. The number of benzene rings is 1. The highest BCUT2D eigenvalue weighted by Gasteiger charge is 2.35. The number of hydrogen-bond acceptors (Lipinski definition) is 4. The van der Waals surface area contributed by atoms with E-state index in [-0.39, 0.29) is 18.4 Å². The van der Waals surface area contributed by atoms with Crippen LogP contribution in [-0.2, 0) is 14.3 Å². The van der Waals surface area contributed by atoms with E-state index >= 15 is 0 Å². The molecule has 0 radical (unpaired) electrons. The van der Waals surface area contributed by atoms with Gasteiger partial charge in [-0.2, -0.15) is 0 Å². The van der Waals surface area contributed by atoms with Crippen molar-refractivity contribution in [3.63, 3.8) is 0 Å². The van der Waals surface area contributed by atoms with Gasteiger partial charge in [-0.15, -0.1) is 0 Å². The minimum Gasteiger partial charge on any atom is -0.356 e. The first-order chi connectivity index (χ1) is 11.7. The molecule has 3 rings (SSSR count). The number of likely N-dealkylation sites (tertiary alicyclic amines) is 1. The summed E-state index contributed by atoms with van der Waals surface area (Å²) in [6.45, 7) is 3.61. The van der Waals surface area contributed by atoms with E-state index in [1.165, 1.54) is 19.3 Å². The topological polar surface area (TPSA) is 70.7 Å². The number of hydrogen-bond donors (Lipinski definition) is 2. The smallest absolute Gasteiger partial charge is 0.251 e. The SMILES string of the molecule is O=C1CO[C@H](C(=O)NCCN2CCCCC2)[C@@H](c2ccccc2)N1. The fourth-order valence-corrected chi connectivity index (χ4v) is 3.32. The Kier molecular flexibility index (Phi) is 5.82. The van der Waals surface area contributed by atoms with Crippen molar-refractivity contribution >= 4 is 11.8 Å². The molecule has 0 spiro atoms. The molecule has 0 bridgehead atoms. The molecular weight excluding hydrogens is 306 g/mol. The van der Waals surface area contributed by atoms with E-state index in [2.05, 4.69) is 15.5 Å². The van der Waals surface area contributed by atoms with Crippen molar-refractivity contribution in [2.45, 2.75) is 31.4 Å². The van der Waals surface area contributed by atoms with E-state index < -0.39 is 12.1 Å². The lowest BCUT2D eigenvalue weighted by molar-refractivity contribution is -0.148. The van der Waals surface area contributed by atoms with Gasteiger partial charge in [0.05, 0.1) is 6.04 Å². The van der Waals surface area contributed by atoms with E-state index in [0.717, 1.165) is 25.2 Å². The van der Waals surface area contributed by atoms with Gasteiger partial charge in [-0.3, -0.25) is 9.59 Å². The Labute approximate surface area is 142 Å². The van der Waals surface area contributed by atoms with Gasteiger partial charge >= 0.3 is 0 Å². The van der Waals surface area contributed by atoms with E-state index in [9.17, 15) is 9.59 Å². The van der Waals surface area contributed by atoms with Gasteiger partial charge in [-0.05, 0) is 31.5 Å². The van der Waals surface area contributed by atoms with Gasteiger partial charge in [0.2, 0.25) is 5.91 Å². The Hall–Kier alpha value is -1.92. The van der Waals surface area contributed by atoms with Crippen molar-refractivity contribution in [3.8, 4) is 0 Å². The number of morpholine rings is 1. The molecule has 2 saturated heterocycles. The summed E-state index contributed by atoms with van der Waals surface area (Å²) in [7, 11) is 0. The minimum absolute atomic E-state index is 0.0758. The van der Waals surface area contributed by atoms with Crippen LogP contribution >= 0.6 is 0 Å². The lowest BCUT2D eigenvalue weighted by Gasteiger charge is -2.32. The molecule has 0 aliphatic carbocycles. The molecule has 2 heterocycles. The first kappa shape index (κ1) is 16.9. The number of piperidine rings is 1. The molecule has 0 aromatic heterocycles. The van der Waals surface area contributed by atoms with Crippen LogP contribution in [0.3, 0.4) is 0 Å². The zero-order valence-corrected chi connectivity index (χ0v) is 13.9. The predicted octanol–water partition coefficient (Wildman–Crippen LogP) is 0.845. The maximum atomic E-state index is 12.5. The Morgan fingerprint density at radius 2 is 1.96 bits per heavy atom. The number of carbonyl (C=O) groups excluding carboxylic acids is 2. The highest BCUT2D eigenvalue weighted by Crippen LogP contribution is 2.22. The molecule has 2 atom stereocenters. The summed E-state index contributed by atoms with van der Waals surface area (Å²) in [4.78, 5) is 26.6. The molecule has 0 saturated carbocycles. The average Bonchev–Trinajstić information content (AvgIpc) is 2.63. The Balaban J connectivity index is 1.56. The number of ether oxygens (including phenoxy) is 1. The number of carbonyl (C=O) groups is 2. The largest absolute Gasteiger partial charge is 0.356 e. The fourth-order valence-electron chi connectivity index (χ4n) is 3.32. The maximum absolute atomic E-state index is 12.5. The molecule has 2 amide bonds. The third kappa shape index (κ3) is 4.33. The second-order valence-corrected chi connectivity index (χ2v) is 6.38. The summed E-state index contributed by atoms with van der Waals surface area (Å²) < 4.78 is 5.52. The maximum Gasteiger partial charge on any atom is 0.251 e. The normalized spacial score (nSPS) is 25.1. The van der Waals surface area contributed by atoms with Crippen LogP contribution in [0.25, 0.3) is 0 Å². The standard InChI is InChI=1S/C18H25N3O3/c22-15-13-24-17(16(20-15)14-7-3-1-4-8-14)18(23)19-9-12-21-10-5-2-6-11-21/h1,3-4,7-8,16-17H,2,5-6,9-13H2,(H,19,23)(H,20,22)/t16-,17+/m1/s1. The van der Waals surface area contributed by atoms with Gasteiger partial charge in [0.25, 0.3) is 5.91 Å². The minimum atomic E-state index is -0.688. The summed E-state index contributed by atoms with van der Waals surface area (Å²) in [5.74, 6) is -0.359. The molecule has 2 fully saturated rings. The summed E-state index contributed by atoms with van der Waals surface area (Å²) in [5, 5.41) is 5.83. The van der Waals surface area contributed by atoms with Crippen LogP contribution in [0.1, 0.15) is 30.9 Å². The van der Waals surface area contributed by atoms with Crippen LogP contribution in [0, 0.1) is 0 Å². The molecule has 6 nitrogen and oxygen atoms in total. The van der Waals surface area contributed by atoms with Crippen LogP contribution in [0.15, 0.2) is 30.3 Å². The lowest BCUT2D eigenvalue weighted by atomic mass is 9.99. The number of amides is 2. The van der Waals surface area contributed by atoms with Gasteiger partial charge < -0.3 is 20.3 Å². The highest BCUT2D eigenvalue weighted by molar-refractivity contribution is 5.86. The summed E-state index contributed by atoms with van der Waals surface area (Å²) in [5.41, 5.74) is 0.877. The van der Waals surface area contributed by atoms with Gasteiger partial charge in [0, 0.05) is 13.1 Å². The first-order valence-corrected chi connectivity index (χ1v) is 8.70. The Morgan fingerprint density at radius 3 is 2.71 bits per heavy atom. The molecule has 0 unspecified atom stereocenters. The molecule has 1 aromatic carbocycles. The van der Waals surface area contributed by atoms with Crippen molar-refractivity contribution in [1.82, 2.24) is 15.5 Å². The fraction of sp³-hybridized carbons (Fsp3) is 0.556. The molecule has 2 aliphatic heterocycles. The summed E-state index contributed by atoms with van der Waals surface area (Å²) >= 11 is 0. The molecule has 130 valence electrons. The van der Waals surface area contributed by atoms with E-state index in [4.69, 9.17) is 4.74 Å². The van der Waals surface area contributed by atoms with Crippen LogP contribution < -0.4 is 10.6 Å². The predicted molar refractivity (Wildman–Crippen MR) is 90.4 cm³/mol. The second kappa shape index (κ2) is 8.26. The van der Waals surface area contributed by atoms with E-state index in [0.29, 0.717) is 6.54 Å². The number of nitrogens with zero attached hydrogens (tertiary/aromatic N) is 1. The monoisotopic (exact) mass is 331 g/mol. The highest BCUT2D eigenvalue weighted by atomic mass is 16.5. The van der Waals surface area contributed by atoms with Crippen molar-refractivity contribution in [3.05, 3.63) is 35.9 Å². The Morgan fingerprint density at radius 1 is 1.21 bits per heavy atom. The van der Waals surface area contributed by atoms with Gasteiger partial charge in [-0.25, -0.2) is 0 Å². The lowest BCUT2D eigenvalue weighted by Crippen LogP contribution is -2.53. The van der Waals surface area contributed by atoms with Crippen LogP contribution in [0.2, 0.25) is 0 Å². The first-order valence-electron chi connectivity index (χ1n) is 8.70. The number of rotatable bonds is 5. The molecule has 2 N–H and O–H groups in total. The van der Waals surface area contributed by atoms with Crippen molar-refractivity contribution in [2.24, 2.45) is 0 Å². The summed E-state index contributed by atoms with van der Waals surface area (Å²) in [6, 6.07) is 9.04. The zero-order valence-electron chi connectivity index (χ0n) is 13.9. The van der Waals surface area contributed by atoms with Crippen molar-refractivity contribution in [2.75, 3.05) is 32.8 Å². The molecule has 6 heteroatoms. The average molecular weight is 331 g/mol. The third-order valence-corrected chi connectivity index (χ3v) is 4.61. The quantitative estimate of drug-likeness (QED) is 0.839. The van der Waals surface area contributed by atoms with Crippen LogP contribution in [0.4, 0.5) is 0 Å². The van der Waals surface area contributed by atoms with E-state index in [1.54, 1.807) is 0 Å². The van der Waals surface area contributed by atoms with Gasteiger partial charge in [0.15, 0.2) is 6.10 Å².